The number of hydrogen-bond donors (Lipinski definition) is 3. The SMILES string of the molecule is Cc1noc(NS(=O)(=O)c2ccccc2-c2ccc(-c3ncco3)cc2CNc2cc(-c3cccs3)[nH]n2)c1C. The van der Waals surface area contributed by atoms with Crippen LogP contribution in [0.25, 0.3) is 33.2 Å². The van der Waals surface area contributed by atoms with Crippen molar-refractivity contribution >= 4 is 33.1 Å². The third-order valence-corrected chi connectivity index (χ3v) is 8.75. The number of benzene rings is 2. The summed E-state index contributed by atoms with van der Waals surface area (Å²) in [4.78, 5) is 5.45. The summed E-state index contributed by atoms with van der Waals surface area (Å²) in [5, 5.41) is 16.7. The van der Waals surface area contributed by atoms with E-state index in [0.29, 0.717) is 35.1 Å². The maximum absolute atomic E-state index is 13.6. The van der Waals surface area contributed by atoms with Crippen LogP contribution in [0.4, 0.5) is 11.7 Å². The van der Waals surface area contributed by atoms with Crippen LogP contribution in [0.3, 0.4) is 0 Å². The molecule has 202 valence electrons. The van der Waals surface area contributed by atoms with Crippen molar-refractivity contribution in [3.8, 4) is 33.2 Å². The van der Waals surface area contributed by atoms with Gasteiger partial charge in [-0.15, -0.1) is 11.3 Å². The highest BCUT2D eigenvalue weighted by molar-refractivity contribution is 7.92. The Morgan fingerprint density at radius 3 is 2.65 bits per heavy atom. The van der Waals surface area contributed by atoms with Crippen molar-refractivity contribution in [1.82, 2.24) is 20.3 Å². The van der Waals surface area contributed by atoms with Crippen molar-refractivity contribution < 1.29 is 17.4 Å². The zero-order chi connectivity index (χ0) is 27.7. The van der Waals surface area contributed by atoms with Gasteiger partial charge < -0.3 is 14.3 Å². The molecule has 0 saturated heterocycles. The number of hydrogen-bond acceptors (Lipinski definition) is 9. The molecule has 0 aliphatic heterocycles. The van der Waals surface area contributed by atoms with E-state index in [1.165, 1.54) is 6.26 Å². The standard InChI is InChI=1S/C28H24N6O4S2/c1-17-18(2)33-38-27(17)34-40(35,36)25-8-4-3-6-22(25)21-10-9-19(28-29-11-12-37-28)14-20(21)16-30-26-15-23(31-32-26)24-7-5-13-39-24/h3-15,34H,16H2,1-2H3,(H2,30,31,32). The summed E-state index contributed by atoms with van der Waals surface area (Å²) in [5.41, 5.74) is 4.99. The van der Waals surface area contributed by atoms with Crippen LogP contribution in [0.5, 0.6) is 0 Å². The molecular formula is C28H24N6O4S2. The number of sulfonamides is 1. The van der Waals surface area contributed by atoms with Gasteiger partial charge in [0.2, 0.25) is 11.8 Å². The van der Waals surface area contributed by atoms with Gasteiger partial charge in [0.15, 0.2) is 0 Å². The van der Waals surface area contributed by atoms with Gasteiger partial charge in [0, 0.05) is 29.3 Å². The fourth-order valence-corrected chi connectivity index (χ4v) is 6.23. The molecule has 6 rings (SSSR count). The number of oxazole rings is 1. The quantitative estimate of drug-likeness (QED) is 0.179. The number of rotatable bonds is 9. The molecule has 0 unspecified atom stereocenters. The smallest absolute Gasteiger partial charge is 0.264 e. The third kappa shape index (κ3) is 5.01. The largest absolute Gasteiger partial charge is 0.445 e. The van der Waals surface area contributed by atoms with E-state index < -0.39 is 10.0 Å². The number of aryl methyl sites for hydroxylation is 1. The minimum atomic E-state index is -4.01. The second-order valence-corrected chi connectivity index (χ2v) is 11.6. The molecule has 0 spiro atoms. The summed E-state index contributed by atoms with van der Waals surface area (Å²) in [5.74, 6) is 1.22. The minimum absolute atomic E-state index is 0.0912. The van der Waals surface area contributed by atoms with Gasteiger partial charge in [-0.1, -0.05) is 35.5 Å². The van der Waals surface area contributed by atoms with Crippen molar-refractivity contribution in [2.75, 3.05) is 10.0 Å². The lowest BCUT2D eigenvalue weighted by atomic mass is 9.97. The Morgan fingerprint density at radius 1 is 1.02 bits per heavy atom. The zero-order valence-corrected chi connectivity index (χ0v) is 23.1. The number of H-pyrrole nitrogens is 1. The van der Waals surface area contributed by atoms with E-state index in [0.717, 1.165) is 27.3 Å². The summed E-state index contributed by atoms with van der Waals surface area (Å²) in [6.45, 7) is 3.86. The first-order chi connectivity index (χ1) is 19.4. The van der Waals surface area contributed by atoms with Crippen LogP contribution in [0.2, 0.25) is 0 Å². The van der Waals surface area contributed by atoms with Crippen LogP contribution in [-0.2, 0) is 16.6 Å². The van der Waals surface area contributed by atoms with Crippen LogP contribution < -0.4 is 10.0 Å². The number of aromatic nitrogens is 4. The van der Waals surface area contributed by atoms with Gasteiger partial charge in [-0.05, 0) is 54.6 Å². The predicted molar refractivity (Wildman–Crippen MR) is 153 cm³/mol. The molecule has 6 aromatic rings. The second-order valence-electron chi connectivity index (χ2n) is 9.03. The lowest BCUT2D eigenvalue weighted by molar-refractivity contribution is 0.430. The van der Waals surface area contributed by atoms with Crippen LogP contribution in [-0.4, -0.2) is 28.8 Å². The highest BCUT2D eigenvalue weighted by atomic mass is 32.2. The summed E-state index contributed by atoms with van der Waals surface area (Å²) >= 11 is 1.62. The van der Waals surface area contributed by atoms with E-state index in [2.05, 4.69) is 30.4 Å². The van der Waals surface area contributed by atoms with Crippen LogP contribution in [0.15, 0.2) is 92.3 Å². The second kappa shape index (κ2) is 10.5. The van der Waals surface area contributed by atoms with E-state index in [4.69, 9.17) is 8.94 Å². The molecule has 4 heterocycles. The molecule has 0 saturated carbocycles. The maximum Gasteiger partial charge on any atom is 0.264 e. The molecule has 0 bridgehead atoms. The Kier molecular flexibility index (Phi) is 6.70. The minimum Gasteiger partial charge on any atom is -0.445 e. The highest BCUT2D eigenvalue weighted by Gasteiger charge is 2.24. The van der Waals surface area contributed by atoms with E-state index in [1.807, 2.05) is 41.8 Å². The Bertz CT molecular complexity index is 1870. The number of anilines is 2. The first-order valence-electron chi connectivity index (χ1n) is 12.3. The van der Waals surface area contributed by atoms with Crippen molar-refractivity contribution in [3.63, 3.8) is 0 Å². The van der Waals surface area contributed by atoms with Crippen molar-refractivity contribution in [2.24, 2.45) is 0 Å². The summed E-state index contributed by atoms with van der Waals surface area (Å²) in [7, 11) is -4.01. The molecule has 10 nitrogen and oxygen atoms in total. The molecule has 0 radical (unpaired) electrons. The van der Waals surface area contributed by atoms with Gasteiger partial charge in [0.05, 0.1) is 27.4 Å². The monoisotopic (exact) mass is 572 g/mol. The van der Waals surface area contributed by atoms with Crippen molar-refractivity contribution in [3.05, 3.63) is 95.3 Å². The number of aromatic amines is 1. The molecule has 0 aliphatic rings. The molecule has 0 aliphatic carbocycles. The average Bonchev–Trinajstić information content (AvgIpc) is 3.78. The topological polar surface area (TPSA) is 139 Å². The molecule has 3 N–H and O–H groups in total. The predicted octanol–water partition coefficient (Wildman–Crippen LogP) is 6.48. The van der Waals surface area contributed by atoms with Gasteiger partial charge in [-0.2, -0.15) is 5.10 Å². The fourth-order valence-electron chi connectivity index (χ4n) is 4.27. The molecule has 2 aromatic carbocycles. The lowest BCUT2D eigenvalue weighted by Gasteiger charge is -2.16. The van der Waals surface area contributed by atoms with Gasteiger partial charge in [0.25, 0.3) is 10.0 Å². The number of nitrogens with one attached hydrogen (secondary N) is 3. The number of nitrogens with zero attached hydrogens (tertiary/aromatic N) is 3. The number of thiophene rings is 1. The molecule has 0 amide bonds. The molecule has 40 heavy (non-hydrogen) atoms. The van der Waals surface area contributed by atoms with Gasteiger partial charge in [-0.25, -0.2) is 18.1 Å². The highest BCUT2D eigenvalue weighted by Crippen LogP contribution is 2.35. The molecule has 0 atom stereocenters. The van der Waals surface area contributed by atoms with Crippen molar-refractivity contribution in [2.45, 2.75) is 25.3 Å². The van der Waals surface area contributed by atoms with Gasteiger partial charge >= 0.3 is 0 Å². The summed E-state index contributed by atoms with van der Waals surface area (Å²) < 4.78 is 40.4. The fraction of sp³-hybridized carbons (Fsp3) is 0.107. The van der Waals surface area contributed by atoms with Crippen LogP contribution in [0.1, 0.15) is 16.8 Å². The van der Waals surface area contributed by atoms with E-state index in [9.17, 15) is 8.42 Å². The first-order valence-corrected chi connectivity index (χ1v) is 14.7. The first kappa shape index (κ1) is 25.6. The van der Waals surface area contributed by atoms with E-state index >= 15 is 0 Å². The van der Waals surface area contributed by atoms with Gasteiger partial charge in [-0.3, -0.25) is 5.10 Å². The Morgan fingerprint density at radius 2 is 1.90 bits per heavy atom. The Hall–Kier alpha value is -4.68. The van der Waals surface area contributed by atoms with Crippen LogP contribution in [0, 0.1) is 13.8 Å². The lowest BCUT2D eigenvalue weighted by Crippen LogP contribution is -2.14. The Balaban J connectivity index is 1.38. The summed E-state index contributed by atoms with van der Waals surface area (Å²) in [6.07, 6.45) is 3.09. The van der Waals surface area contributed by atoms with Gasteiger partial charge in [0.1, 0.15) is 12.1 Å². The van der Waals surface area contributed by atoms with E-state index in [1.54, 1.807) is 55.6 Å². The average molecular weight is 573 g/mol. The molecule has 4 aromatic heterocycles. The van der Waals surface area contributed by atoms with Crippen LogP contribution >= 0.6 is 11.3 Å². The Labute approximate surface area is 234 Å². The third-order valence-electron chi connectivity index (χ3n) is 6.46. The molecule has 0 fully saturated rings. The zero-order valence-electron chi connectivity index (χ0n) is 21.5. The van der Waals surface area contributed by atoms with E-state index in [-0.39, 0.29) is 10.8 Å². The normalized spacial score (nSPS) is 11.6. The maximum atomic E-state index is 13.6. The summed E-state index contributed by atoms with van der Waals surface area (Å²) in [6, 6.07) is 18.4. The molecule has 12 heteroatoms. The molecular weight excluding hydrogens is 548 g/mol. The van der Waals surface area contributed by atoms with Crippen molar-refractivity contribution in [1.29, 1.82) is 0 Å².